The molecule has 13 heavy (non-hydrogen) atoms. The predicted molar refractivity (Wildman–Crippen MR) is 52.7 cm³/mol. The highest BCUT2D eigenvalue weighted by Gasteiger charge is 2.06. The van der Waals surface area contributed by atoms with Crippen LogP contribution < -0.4 is 0 Å². The number of carboxylic acids is 1. The summed E-state index contributed by atoms with van der Waals surface area (Å²) in [6, 6.07) is 4.84. The third kappa shape index (κ3) is 2.59. The van der Waals surface area contributed by atoms with Gasteiger partial charge in [0.05, 0.1) is 0 Å². The van der Waals surface area contributed by atoms with Gasteiger partial charge in [0.1, 0.15) is 17.4 Å². The molecule has 66 valence electrons. The second-order valence-electron chi connectivity index (χ2n) is 2.12. The molecule has 0 aliphatic heterocycles. The van der Waals surface area contributed by atoms with E-state index in [1.807, 2.05) is 22.6 Å². The van der Waals surface area contributed by atoms with Crippen LogP contribution in [-0.4, -0.2) is 11.1 Å². The molecule has 0 aromatic carbocycles. The Hall–Kier alpha value is -1.29. The Morgan fingerprint density at radius 2 is 2.38 bits per heavy atom. The smallest absolute Gasteiger partial charge is 0.346 e. The topological polar surface area (TPSA) is 74.2 Å². The molecule has 1 aromatic heterocycles. The summed E-state index contributed by atoms with van der Waals surface area (Å²) in [7, 11) is 0. The Bertz CT molecular complexity index is 400. The van der Waals surface area contributed by atoms with Crippen LogP contribution in [0, 0.1) is 15.1 Å². The fourth-order valence-electron chi connectivity index (χ4n) is 0.690. The average Bonchev–Trinajstić information content (AvgIpc) is 2.46. The second kappa shape index (κ2) is 4.09. The number of nitriles is 1. The molecule has 5 heteroatoms. The van der Waals surface area contributed by atoms with Gasteiger partial charge in [0.25, 0.3) is 0 Å². The van der Waals surface area contributed by atoms with E-state index in [1.165, 1.54) is 6.08 Å². The molecule has 0 fully saturated rings. The van der Waals surface area contributed by atoms with Gasteiger partial charge in [-0.15, -0.1) is 0 Å². The molecule has 0 amide bonds. The van der Waals surface area contributed by atoms with E-state index in [2.05, 4.69) is 0 Å². The molecule has 0 atom stereocenters. The van der Waals surface area contributed by atoms with Gasteiger partial charge in [-0.1, -0.05) is 0 Å². The summed E-state index contributed by atoms with van der Waals surface area (Å²) in [6.07, 6.45) is 1.19. The molecular weight excluding hydrogens is 285 g/mol. The quantitative estimate of drug-likeness (QED) is 0.512. The number of aliphatic carboxylic acids is 1. The van der Waals surface area contributed by atoms with Crippen molar-refractivity contribution in [1.82, 2.24) is 0 Å². The van der Waals surface area contributed by atoms with Crippen LogP contribution in [0.2, 0.25) is 0 Å². The lowest BCUT2D eigenvalue weighted by molar-refractivity contribution is -0.132. The molecule has 4 nitrogen and oxygen atoms in total. The number of nitrogens with zero attached hydrogens (tertiary/aromatic N) is 1. The van der Waals surface area contributed by atoms with Crippen LogP contribution in [0.3, 0.4) is 0 Å². The molecule has 0 radical (unpaired) electrons. The van der Waals surface area contributed by atoms with Gasteiger partial charge < -0.3 is 9.52 Å². The van der Waals surface area contributed by atoms with Crippen LogP contribution in [0.4, 0.5) is 0 Å². The zero-order valence-electron chi connectivity index (χ0n) is 6.32. The summed E-state index contributed by atoms with van der Waals surface area (Å²) in [5.74, 6) is -0.891. The second-order valence-corrected chi connectivity index (χ2v) is 3.18. The van der Waals surface area contributed by atoms with Gasteiger partial charge in [0.2, 0.25) is 0 Å². The minimum atomic E-state index is -1.26. The van der Waals surface area contributed by atoms with E-state index < -0.39 is 5.97 Å². The van der Waals surface area contributed by atoms with Crippen molar-refractivity contribution >= 4 is 34.6 Å². The third-order valence-corrected chi connectivity index (χ3v) is 1.81. The Morgan fingerprint density at radius 1 is 1.69 bits per heavy atom. The van der Waals surface area contributed by atoms with Crippen molar-refractivity contribution in [3.63, 3.8) is 0 Å². The number of carbonyl (C=O) groups is 1. The number of hydrogen-bond acceptors (Lipinski definition) is 3. The van der Waals surface area contributed by atoms with Crippen LogP contribution in [0.15, 0.2) is 22.1 Å². The monoisotopic (exact) mass is 289 g/mol. The van der Waals surface area contributed by atoms with Gasteiger partial charge in [-0.25, -0.2) is 4.79 Å². The van der Waals surface area contributed by atoms with Gasteiger partial charge >= 0.3 is 5.97 Å². The highest BCUT2D eigenvalue weighted by Crippen LogP contribution is 2.13. The van der Waals surface area contributed by atoms with Crippen molar-refractivity contribution < 1.29 is 14.3 Å². The normalized spacial score (nSPS) is 10.9. The van der Waals surface area contributed by atoms with Gasteiger partial charge in [-0.3, -0.25) is 0 Å². The summed E-state index contributed by atoms with van der Waals surface area (Å²) < 4.78 is 5.71. The van der Waals surface area contributed by atoms with E-state index in [4.69, 9.17) is 14.8 Å². The highest BCUT2D eigenvalue weighted by molar-refractivity contribution is 14.1. The number of carboxylic acid groups (broad SMARTS) is 1. The molecule has 0 bridgehead atoms. The van der Waals surface area contributed by atoms with Crippen LogP contribution in [0.25, 0.3) is 6.08 Å². The zero-order valence-corrected chi connectivity index (χ0v) is 8.48. The number of furan rings is 1. The molecule has 0 unspecified atom stereocenters. The van der Waals surface area contributed by atoms with E-state index in [9.17, 15) is 4.79 Å². The van der Waals surface area contributed by atoms with Crippen molar-refractivity contribution in [2.24, 2.45) is 0 Å². The van der Waals surface area contributed by atoms with E-state index in [0.717, 1.165) is 0 Å². The first-order valence-corrected chi connectivity index (χ1v) is 4.32. The maximum atomic E-state index is 10.4. The van der Waals surface area contributed by atoms with Gasteiger partial charge in [0, 0.05) is 6.08 Å². The fourth-order valence-corrected chi connectivity index (χ4v) is 1.12. The molecule has 0 saturated heterocycles. The van der Waals surface area contributed by atoms with Gasteiger partial charge in [-0.2, -0.15) is 5.26 Å². The van der Waals surface area contributed by atoms with E-state index >= 15 is 0 Å². The predicted octanol–water partition coefficient (Wildman–Crippen LogP) is 1.88. The minimum Gasteiger partial charge on any atom is -0.477 e. The van der Waals surface area contributed by atoms with E-state index in [0.29, 0.717) is 9.53 Å². The van der Waals surface area contributed by atoms with Gasteiger partial charge in [0.15, 0.2) is 3.77 Å². The highest BCUT2D eigenvalue weighted by atomic mass is 127. The van der Waals surface area contributed by atoms with Crippen molar-refractivity contribution in [2.75, 3.05) is 0 Å². The lowest BCUT2D eigenvalue weighted by atomic mass is 10.2. The van der Waals surface area contributed by atoms with Crippen molar-refractivity contribution in [1.29, 1.82) is 5.26 Å². The first-order chi connectivity index (χ1) is 6.13. The minimum absolute atomic E-state index is 0.342. The molecule has 1 N–H and O–H groups in total. The number of hydrogen-bond donors (Lipinski definition) is 1. The van der Waals surface area contributed by atoms with Crippen molar-refractivity contribution in [3.8, 4) is 6.07 Å². The average molecular weight is 289 g/mol. The van der Waals surface area contributed by atoms with Gasteiger partial charge in [-0.05, 0) is 34.7 Å². The Labute approximate surface area is 87.6 Å². The van der Waals surface area contributed by atoms with E-state index in [1.54, 1.807) is 18.2 Å². The maximum absolute atomic E-state index is 10.4. The summed E-state index contributed by atoms with van der Waals surface area (Å²) in [6.45, 7) is 0. The summed E-state index contributed by atoms with van der Waals surface area (Å²) in [5.41, 5.74) is -0.342. The summed E-state index contributed by atoms with van der Waals surface area (Å²) in [5, 5.41) is 16.9. The van der Waals surface area contributed by atoms with Crippen molar-refractivity contribution in [2.45, 2.75) is 0 Å². The SMILES string of the molecule is N#C/C(=C/c1ccc(I)o1)C(=O)O. The molecule has 0 aliphatic carbocycles. The molecular formula is C8H4INO3. The zero-order chi connectivity index (χ0) is 9.84. The lowest BCUT2D eigenvalue weighted by Gasteiger charge is -1.87. The van der Waals surface area contributed by atoms with Crippen molar-refractivity contribution in [3.05, 3.63) is 27.2 Å². The molecule has 0 spiro atoms. The van der Waals surface area contributed by atoms with Crippen LogP contribution in [0.1, 0.15) is 5.76 Å². The summed E-state index contributed by atoms with van der Waals surface area (Å²) in [4.78, 5) is 10.4. The first kappa shape index (κ1) is 9.80. The molecule has 1 heterocycles. The number of rotatable bonds is 2. The Balaban J connectivity index is 3.00. The standard InChI is InChI=1S/C8H4INO3/c9-7-2-1-6(13-7)3-5(4-10)8(11)12/h1-3H,(H,11,12)/b5-3-. The van der Waals surface area contributed by atoms with Crippen LogP contribution >= 0.6 is 22.6 Å². The largest absolute Gasteiger partial charge is 0.477 e. The Morgan fingerprint density at radius 3 is 2.77 bits per heavy atom. The molecule has 0 saturated carbocycles. The first-order valence-electron chi connectivity index (χ1n) is 3.24. The molecule has 1 aromatic rings. The van der Waals surface area contributed by atoms with Crippen LogP contribution in [-0.2, 0) is 4.79 Å². The van der Waals surface area contributed by atoms with E-state index in [-0.39, 0.29) is 5.57 Å². The Kier molecular flexibility index (Phi) is 3.08. The maximum Gasteiger partial charge on any atom is 0.346 e. The third-order valence-electron chi connectivity index (χ3n) is 1.23. The molecule has 1 rings (SSSR count). The lowest BCUT2D eigenvalue weighted by Crippen LogP contribution is -1.96. The summed E-state index contributed by atoms with van der Waals surface area (Å²) >= 11 is 1.95. The fraction of sp³-hybridized carbons (Fsp3) is 0. The number of halogens is 1. The molecule has 0 aliphatic rings. The van der Waals surface area contributed by atoms with Crippen LogP contribution in [0.5, 0.6) is 0 Å².